The lowest BCUT2D eigenvalue weighted by Gasteiger charge is -2.15. The van der Waals surface area contributed by atoms with Gasteiger partial charge in [-0.25, -0.2) is 4.79 Å². The Balaban J connectivity index is 1.22. The van der Waals surface area contributed by atoms with E-state index in [1.165, 1.54) is 22.3 Å². The van der Waals surface area contributed by atoms with Crippen molar-refractivity contribution >= 4 is 12.1 Å². The molecule has 1 aliphatic carbocycles. The lowest BCUT2D eigenvalue weighted by molar-refractivity contribution is -0.136. The summed E-state index contributed by atoms with van der Waals surface area (Å²) in [5.74, 6) is -0.835. The fourth-order valence-electron chi connectivity index (χ4n) is 4.72. The smallest absolute Gasteiger partial charge is 0.407 e. The van der Waals surface area contributed by atoms with Crippen molar-refractivity contribution in [1.82, 2.24) is 5.32 Å². The average molecular weight is 464 g/mol. The second-order valence-corrected chi connectivity index (χ2v) is 8.65. The standard InChI is InChI=1S/C30H25NO4/c32-29(33)17-20-7-5-9-22(15-20)23-10-6-8-21(16-23)18-31-30(34)35-19-28-26-13-3-1-11-24(26)25-12-2-4-14-27(25)28/h1-16,28H,17-19H2,(H,31,34)(H,32,33). The van der Waals surface area contributed by atoms with Gasteiger partial charge in [0.25, 0.3) is 0 Å². The number of carboxylic acid groups (broad SMARTS) is 1. The van der Waals surface area contributed by atoms with Gasteiger partial charge in [-0.05, 0) is 50.6 Å². The van der Waals surface area contributed by atoms with Crippen LogP contribution in [0.4, 0.5) is 4.79 Å². The molecular formula is C30H25NO4. The fraction of sp³-hybridized carbons (Fsp3) is 0.133. The number of rotatable bonds is 7. The molecule has 0 radical (unpaired) electrons. The highest BCUT2D eigenvalue weighted by atomic mass is 16.5. The molecule has 0 aliphatic heterocycles. The van der Waals surface area contributed by atoms with Crippen molar-refractivity contribution in [2.45, 2.75) is 18.9 Å². The zero-order chi connectivity index (χ0) is 24.2. The average Bonchev–Trinajstić information content (AvgIpc) is 3.20. The van der Waals surface area contributed by atoms with Gasteiger partial charge in [-0.1, -0.05) is 91.0 Å². The Hall–Kier alpha value is -4.38. The van der Waals surface area contributed by atoms with Crippen LogP contribution >= 0.6 is 0 Å². The third-order valence-electron chi connectivity index (χ3n) is 6.32. The predicted molar refractivity (Wildman–Crippen MR) is 135 cm³/mol. The first-order chi connectivity index (χ1) is 17.1. The molecule has 0 spiro atoms. The van der Waals surface area contributed by atoms with E-state index in [9.17, 15) is 9.59 Å². The van der Waals surface area contributed by atoms with Crippen LogP contribution in [0, 0.1) is 0 Å². The lowest BCUT2D eigenvalue weighted by atomic mass is 9.98. The van der Waals surface area contributed by atoms with Crippen molar-refractivity contribution in [2.75, 3.05) is 6.61 Å². The van der Waals surface area contributed by atoms with Gasteiger partial charge in [0, 0.05) is 12.5 Å². The molecule has 4 aromatic carbocycles. The SMILES string of the molecule is O=C(O)Cc1cccc(-c2cccc(CNC(=O)OCC3c4ccccc4-c4ccccc43)c2)c1. The Bertz CT molecular complexity index is 1350. The third kappa shape index (κ3) is 4.94. The first-order valence-corrected chi connectivity index (χ1v) is 11.6. The number of carbonyl (C=O) groups is 2. The number of fused-ring (bicyclic) bond motifs is 3. The number of nitrogens with one attached hydrogen (secondary N) is 1. The normalized spacial score (nSPS) is 12.0. The van der Waals surface area contributed by atoms with Gasteiger partial charge in [0.2, 0.25) is 0 Å². The summed E-state index contributed by atoms with van der Waals surface area (Å²) in [5, 5.41) is 11.9. The lowest BCUT2D eigenvalue weighted by Crippen LogP contribution is -2.25. The summed E-state index contributed by atoms with van der Waals surface area (Å²) in [7, 11) is 0. The molecule has 0 atom stereocenters. The molecule has 174 valence electrons. The summed E-state index contributed by atoms with van der Waals surface area (Å²) in [6.07, 6.45) is -0.475. The molecule has 1 amide bonds. The van der Waals surface area contributed by atoms with E-state index in [4.69, 9.17) is 9.84 Å². The largest absolute Gasteiger partial charge is 0.481 e. The highest BCUT2D eigenvalue weighted by Gasteiger charge is 2.28. The van der Waals surface area contributed by atoms with E-state index in [-0.39, 0.29) is 18.9 Å². The molecule has 5 nitrogen and oxygen atoms in total. The monoisotopic (exact) mass is 463 g/mol. The van der Waals surface area contributed by atoms with E-state index in [1.807, 2.05) is 66.7 Å². The molecule has 0 bridgehead atoms. The molecule has 0 unspecified atom stereocenters. The van der Waals surface area contributed by atoms with E-state index in [1.54, 1.807) is 6.07 Å². The Morgan fingerprint density at radius 1 is 0.743 bits per heavy atom. The van der Waals surface area contributed by atoms with Crippen molar-refractivity contribution in [3.05, 3.63) is 119 Å². The molecular weight excluding hydrogens is 438 g/mol. The fourth-order valence-corrected chi connectivity index (χ4v) is 4.72. The second kappa shape index (κ2) is 9.85. The minimum atomic E-state index is -0.858. The maximum absolute atomic E-state index is 12.5. The second-order valence-electron chi connectivity index (χ2n) is 8.65. The van der Waals surface area contributed by atoms with E-state index in [0.29, 0.717) is 6.54 Å². The van der Waals surface area contributed by atoms with Crippen LogP contribution in [0.25, 0.3) is 22.3 Å². The van der Waals surface area contributed by atoms with Gasteiger partial charge in [-0.2, -0.15) is 0 Å². The molecule has 5 rings (SSSR count). The summed E-state index contributed by atoms with van der Waals surface area (Å²) < 4.78 is 5.62. The van der Waals surface area contributed by atoms with Crippen LogP contribution in [0.1, 0.15) is 28.2 Å². The van der Waals surface area contributed by atoms with E-state index < -0.39 is 12.1 Å². The van der Waals surface area contributed by atoms with Gasteiger partial charge in [0.05, 0.1) is 6.42 Å². The number of benzene rings is 4. The number of hydrogen-bond acceptors (Lipinski definition) is 3. The molecule has 2 N–H and O–H groups in total. The van der Waals surface area contributed by atoms with Crippen molar-refractivity contribution in [3.63, 3.8) is 0 Å². The minimum Gasteiger partial charge on any atom is -0.481 e. The molecule has 0 saturated carbocycles. The Morgan fingerprint density at radius 3 is 1.94 bits per heavy atom. The molecule has 0 saturated heterocycles. The number of carboxylic acids is 1. The van der Waals surface area contributed by atoms with Crippen molar-refractivity contribution in [3.8, 4) is 22.3 Å². The molecule has 5 heteroatoms. The van der Waals surface area contributed by atoms with Crippen molar-refractivity contribution < 1.29 is 19.4 Å². The summed E-state index contributed by atoms with van der Waals surface area (Å²) >= 11 is 0. The molecule has 1 aliphatic rings. The molecule has 35 heavy (non-hydrogen) atoms. The quantitative estimate of drug-likeness (QED) is 0.351. The zero-order valence-corrected chi connectivity index (χ0v) is 19.1. The maximum atomic E-state index is 12.5. The van der Waals surface area contributed by atoms with Crippen molar-refractivity contribution in [2.24, 2.45) is 0 Å². The van der Waals surface area contributed by atoms with Crippen LogP contribution in [-0.4, -0.2) is 23.8 Å². The number of amides is 1. The summed E-state index contributed by atoms with van der Waals surface area (Å²) in [4.78, 5) is 23.5. The molecule has 4 aromatic rings. The molecule has 0 fully saturated rings. The van der Waals surface area contributed by atoms with Crippen LogP contribution in [0.2, 0.25) is 0 Å². The van der Waals surface area contributed by atoms with E-state index in [2.05, 4.69) is 29.6 Å². The summed E-state index contributed by atoms with van der Waals surface area (Å²) in [5.41, 5.74) is 8.33. The summed E-state index contributed by atoms with van der Waals surface area (Å²) in [6, 6.07) is 31.8. The summed E-state index contributed by atoms with van der Waals surface area (Å²) in [6.45, 7) is 0.607. The van der Waals surface area contributed by atoms with E-state index >= 15 is 0 Å². The zero-order valence-electron chi connectivity index (χ0n) is 19.1. The number of ether oxygens (including phenoxy) is 1. The first-order valence-electron chi connectivity index (χ1n) is 11.6. The molecule has 0 aromatic heterocycles. The number of hydrogen-bond donors (Lipinski definition) is 2. The first kappa shape index (κ1) is 22.4. The van der Waals surface area contributed by atoms with Gasteiger partial charge in [-0.3, -0.25) is 4.79 Å². The third-order valence-corrected chi connectivity index (χ3v) is 6.32. The Morgan fingerprint density at radius 2 is 1.31 bits per heavy atom. The van der Waals surface area contributed by atoms with Gasteiger partial charge >= 0.3 is 12.1 Å². The van der Waals surface area contributed by atoms with Gasteiger partial charge in [0.1, 0.15) is 6.61 Å². The van der Waals surface area contributed by atoms with Crippen LogP contribution in [-0.2, 0) is 22.5 Å². The Labute approximate surface area is 204 Å². The van der Waals surface area contributed by atoms with Crippen LogP contribution in [0.5, 0.6) is 0 Å². The van der Waals surface area contributed by atoms with Crippen molar-refractivity contribution in [1.29, 1.82) is 0 Å². The van der Waals surface area contributed by atoms with Gasteiger partial charge in [0.15, 0.2) is 0 Å². The number of alkyl carbamates (subject to hydrolysis) is 1. The van der Waals surface area contributed by atoms with E-state index in [0.717, 1.165) is 22.3 Å². The highest BCUT2D eigenvalue weighted by molar-refractivity contribution is 5.79. The van der Waals surface area contributed by atoms with Crippen LogP contribution in [0.3, 0.4) is 0 Å². The molecule has 0 heterocycles. The van der Waals surface area contributed by atoms with Gasteiger partial charge in [-0.15, -0.1) is 0 Å². The Kier molecular flexibility index (Phi) is 6.31. The maximum Gasteiger partial charge on any atom is 0.407 e. The highest BCUT2D eigenvalue weighted by Crippen LogP contribution is 2.44. The predicted octanol–water partition coefficient (Wildman–Crippen LogP) is 6.02. The topological polar surface area (TPSA) is 75.6 Å². The number of carbonyl (C=O) groups excluding carboxylic acids is 1. The minimum absolute atomic E-state index is 0.0170. The number of aliphatic carboxylic acids is 1. The van der Waals surface area contributed by atoms with Gasteiger partial charge < -0.3 is 15.2 Å². The van der Waals surface area contributed by atoms with Crippen LogP contribution < -0.4 is 5.32 Å². The van der Waals surface area contributed by atoms with Crippen LogP contribution in [0.15, 0.2) is 97.1 Å².